The number of benzene rings is 1. The third-order valence-electron chi connectivity index (χ3n) is 4.66. The third-order valence-corrected chi connectivity index (χ3v) is 8.72. The second-order valence-electron chi connectivity index (χ2n) is 6.69. The van der Waals surface area contributed by atoms with Crippen molar-refractivity contribution in [3.8, 4) is 0 Å². The van der Waals surface area contributed by atoms with Crippen molar-refractivity contribution in [3.63, 3.8) is 0 Å². The minimum Gasteiger partial charge on any atom is -0.302 e. The van der Waals surface area contributed by atoms with Gasteiger partial charge in [-0.15, -0.1) is 11.3 Å². The molecular formula is C18H18ClN3O3S3. The first-order valence-corrected chi connectivity index (χ1v) is 12.4. The van der Waals surface area contributed by atoms with Crippen molar-refractivity contribution in [3.05, 3.63) is 34.7 Å². The summed E-state index contributed by atoms with van der Waals surface area (Å²) in [5.74, 6) is 0.0787. The van der Waals surface area contributed by atoms with Crippen molar-refractivity contribution in [2.45, 2.75) is 36.3 Å². The predicted octanol–water partition coefficient (Wildman–Crippen LogP) is 5.33. The van der Waals surface area contributed by atoms with E-state index >= 15 is 0 Å². The first kappa shape index (κ1) is 19.6. The van der Waals surface area contributed by atoms with Gasteiger partial charge in [0.15, 0.2) is 5.13 Å². The lowest BCUT2D eigenvalue weighted by Gasteiger charge is -2.19. The van der Waals surface area contributed by atoms with E-state index in [2.05, 4.69) is 15.0 Å². The van der Waals surface area contributed by atoms with Gasteiger partial charge in [0, 0.05) is 5.92 Å². The summed E-state index contributed by atoms with van der Waals surface area (Å²) in [6.07, 6.45) is 5.24. The molecule has 4 rings (SSSR count). The van der Waals surface area contributed by atoms with Gasteiger partial charge in [-0.3, -0.25) is 9.52 Å². The Kier molecular flexibility index (Phi) is 5.59. The Morgan fingerprint density at radius 2 is 1.89 bits per heavy atom. The number of fused-ring (bicyclic) bond motifs is 1. The van der Waals surface area contributed by atoms with Gasteiger partial charge in [-0.2, -0.15) is 0 Å². The summed E-state index contributed by atoms with van der Waals surface area (Å²) in [5, 5.41) is 3.45. The van der Waals surface area contributed by atoms with Crippen LogP contribution in [-0.2, 0) is 14.8 Å². The molecule has 28 heavy (non-hydrogen) atoms. The molecule has 2 aromatic heterocycles. The van der Waals surface area contributed by atoms with Gasteiger partial charge < -0.3 is 5.32 Å². The van der Waals surface area contributed by atoms with Crippen LogP contribution < -0.4 is 10.0 Å². The topological polar surface area (TPSA) is 88.2 Å². The number of carbonyl (C=O) groups is 1. The molecule has 10 heteroatoms. The first-order valence-electron chi connectivity index (χ1n) is 8.90. The fraction of sp³-hybridized carbons (Fsp3) is 0.333. The van der Waals surface area contributed by atoms with E-state index in [1.807, 2.05) is 0 Å². The molecule has 0 aliphatic heterocycles. The molecule has 0 unspecified atom stereocenters. The number of anilines is 2. The quantitative estimate of drug-likeness (QED) is 0.544. The van der Waals surface area contributed by atoms with Crippen LogP contribution in [0.4, 0.5) is 10.8 Å². The summed E-state index contributed by atoms with van der Waals surface area (Å²) in [5.41, 5.74) is 1.04. The average molecular weight is 456 g/mol. The Balaban J connectivity index is 1.51. The molecule has 3 aromatic rings. The van der Waals surface area contributed by atoms with Gasteiger partial charge in [-0.05, 0) is 43.2 Å². The summed E-state index contributed by atoms with van der Waals surface area (Å²) in [6, 6.07) is 8.15. The molecule has 1 aromatic carbocycles. The number of nitrogens with zero attached hydrogens (tertiary/aromatic N) is 1. The molecule has 1 fully saturated rings. The standard InChI is InChI=1S/C18H18ClN3O3S3/c19-15-8-9-16(27-15)28(24,25)22-12-6-7-14-13(10-12)20-18(26-14)21-17(23)11-4-2-1-3-5-11/h6-11,22H,1-5H2,(H,20,21,23). The van der Waals surface area contributed by atoms with Crippen molar-refractivity contribution < 1.29 is 13.2 Å². The Hall–Kier alpha value is -1.68. The van der Waals surface area contributed by atoms with Crippen LogP contribution in [0.2, 0.25) is 4.34 Å². The van der Waals surface area contributed by atoms with Crippen LogP contribution >= 0.6 is 34.3 Å². The predicted molar refractivity (Wildman–Crippen MR) is 115 cm³/mol. The SMILES string of the molecule is O=C(Nc1nc2cc(NS(=O)(=O)c3ccc(Cl)s3)ccc2s1)C1CCCCC1. The minimum absolute atomic E-state index is 0.0225. The molecule has 0 radical (unpaired) electrons. The summed E-state index contributed by atoms with van der Waals surface area (Å²) < 4.78 is 28.9. The Bertz CT molecular complexity index is 1120. The number of halogens is 1. The van der Waals surface area contributed by atoms with E-state index in [1.165, 1.54) is 23.8 Å². The highest BCUT2D eigenvalue weighted by Gasteiger charge is 2.22. The molecule has 1 aliphatic carbocycles. The number of hydrogen-bond donors (Lipinski definition) is 2. The molecule has 0 bridgehead atoms. The van der Waals surface area contributed by atoms with Gasteiger partial charge >= 0.3 is 0 Å². The molecule has 0 atom stereocenters. The molecule has 0 saturated heterocycles. The fourth-order valence-electron chi connectivity index (χ4n) is 3.26. The minimum atomic E-state index is -3.70. The second kappa shape index (κ2) is 7.98. The number of sulfonamides is 1. The molecule has 1 aliphatic rings. The maximum absolute atomic E-state index is 12.4. The van der Waals surface area contributed by atoms with Crippen LogP contribution in [-0.4, -0.2) is 19.3 Å². The molecule has 1 amide bonds. The van der Waals surface area contributed by atoms with Gasteiger partial charge in [0.05, 0.1) is 20.2 Å². The van der Waals surface area contributed by atoms with Gasteiger partial charge in [-0.1, -0.05) is 42.2 Å². The number of rotatable bonds is 5. The lowest BCUT2D eigenvalue weighted by atomic mass is 9.89. The largest absolute Gasteiger partial charge is 0.302 e. The highest BCUT2D eigenvalue weighted by atomic mass is 35.5. The van der Waals surface area contributed by atoms with Crippen LogP contribution in [0.5, 0.6) is 0 Å². The van der Waals surface area contributed by atoms with Crippen LogP contribution in [0, 0.1) is 5.92 Å². The highest BCUT2D eigenvalue weighted by molar-refractivity contribution is 7.94. The van der Waals surface area contributed by atoms with Gasteiger partial charge in [0.1, 0.15) is 4.21 Å². The first-order chi connectivity index (χ1) is 13.4. The Labute approximate surface area is 176 Å². The molecule has 2 heterocycles. The van der Waals surface area contributed by atoms with Gasteiger partial charge in [-0.25, -0.2) is 13.4 Å². The zero-order chi connectivity index (χ0) is 19.7. The maximum atomic E-state index is 12.4. The zero-order valence-electron chi connectivity index (χ0n) is 14.8. The van der Waals surface area contributed by atoms with Crippen LogP contribution in [0.3, 0.4) is 0 Å². The van der Waals surface area contributed by atoms with Crippen LogP contribution in [0.1, 0.15) is 32.1 Å². The van der Waals surface area contributed by atoms with Crippen molar-refractivity contribution in [2.24, 2.45) is 5.92 Å². The van der Waals surface area contributed by atoms with Gasteiger partial charge in [0.25, 0.3) is 10.0 Å². The molecule has 1 saturated carbocycles. The van der Waals surface area contributed by atoms with E-state index in [4.69, 9.17) is 11.6 Å². The van der Waals surface area contributed by atoms with E-state index < -0.39 is 10.0 Å². The molecular weight excluding hydrogens is 438 g/mol. The van der Waals surface area contributed by atoms with Crippen molar-refractivity contribution in [2.75, 3.05) is 10.0 Å². The van der Waals surface area contributed by atoms with E-state index in [1.54, 1.807) is 24.3 Å². The third kappa shape index (κ3) is 4.32. The number of amides is 1. The average Bonchev–Trinajstić information content (AvgIpc) is 3.28. The highest BCUT2D eigenvalue weighted by Crippen LogP contribution is 2.32. The summed E-state index contributed by atoms with van der Waals surface area (Å²) in [7, 11) is -3.70. The normalized spacial score (nSPS) is 15.6. The molecule has 2 N–H and O–H groups in total. The zero-order valence-corrected chi connectivity index (χ0v) is 18.0. The van der Waals surface area contributed by atoms with E-state index in [0.29, 0.717) is 20.7 Å². The second-order valence-corrected chi connectivity index (χ2v) is 11.3. The van der Waals surface area contributed by atoms with Crippen LogP contribution in [0.15, 0.2) is 34.5 Å². The Morgan fingerprint density at radius 1 is 1.11 bits per heavy atom. The number of hydrogen-bond acceptors (Lipinski definition) is 6. The number of aromatic nitrogens is 1. The number of thiophene rings is 1. The Morgan fingerprint density at radius 3 is 2.61 bits per heavy atom. The van der Waals surface area contributed by atoms with Crippen molar-refractivity contribution >= 4 is 71.2 Å². The molecule has 6 nitrogen and oxygen atoms in total. The van der Waals surface area contributed by atoms with Gasteiger partial charge in [0.2, 0.25) is 5.91 Å². The summed E-state index contributed by atoms with van der Waals surface area (Å²) in [6.45, 7) is 0. The lowest BCUT2D eigenvalue weighted by molar-refractivity contribution is -0.120. The van der Waals surface area contributed by atoms with E-state index in [-0.39, 0.29) is 16.0 Å². The molecule has 148 valence electrons. The monoisotopic (exact) mass is 455 g/mol. The van der Waals surface area contributed by atoms with Crippen LogP contribution in [0.25, 0.3) is 10.2 Å². The van der Waals surface area contributed by atoms with E-state index in [0.717, 1.165) is 41.7 Å². The van der Waals surface area contributed by atoms with E-state index in [9.17, 15) is 13.2 Å². The molecule has 0 spiro atoms. The summed E-state index contributed by atoms with van der Waals surface area (Å²) in [4.78, 5) is 16.9. The lowest BCUT2D eigenvalue weighted by Crippen LogP contribution is -2.24. The number of thiazole rings is 1. The van der Waals surface area contributed by atoms with Crippen molar-refractivity contribution in [1.29, 1.82) is 0 Å². The number of carbonyl (C=O) groups excluding carboxylic acids is 1. The smallest absolute Gasteiger partial charge is 0.271 e. The number of nitrogens with one attached hydrogen (secondary N) is 2. The van der Waals surface area contributed by atoms with Crippen molar-refractivity contribution in [1.82, 2.24) is 4.98 Å². The fourth-order valence-corrected chi connectivity index (χ4v) is 6.65. The maximum Gasteiger partial charge on any atom is 0.271 e. The summed E-state index contributed by atoms with van der Waals surface area (Å²) >= 11 is 8.21.